The van der Waals surface area contributed by atoms with Gasteiger partial charge in [-0.1, -0.05) is 30.3 Å². The summed E-state index contributed by atoms with van der Waals surface area (Å²) in [5.41, 5.74) is 0.867. The highest BCUT2D eigenvalue weighted by atomic mass is 16.5. The van der Waals surface area contributed by atoms with Crippen molar-refractivity contribution in [2.45, 2.75) is 32.0 Å². The molecule has 0 saturated carbocycles. The zero-order chi connectivity index (χ0) is 13.4. The van der Waals surface area contributed by atoms with Gasteiger partial charge in [0.1, 0.15) is 6.61 Å². The molecule has 1 atom stereocenters. The number of aliphatic hydroxyl groups excluding tert-OH is 1. The maximum Gasteiger partial charge on any atom is 0.308 e. The molecule has 18 heavy (non-hydrogen) atoms. The molecule has 5 nitrogen and oxygen atoms in total. The first-order valence-corrected chi connectivity index (χ1v) is 5.67. The Hall–Kier alpha value is -1.88. The number of carboxylic acid groups (broad SMARTS) is 1. The highest BCUT2D eigenvalue weighted by Gasteiger charge is 2.13. The Balaban J connectivity index is 2.23. The average Bonchev–Trinajstić information content (AvgIpc) is 2.35. The Labute approximate surface area is 105 Å². The maximum absolute atomic E-state index is 11.3. The summed E-state index contributed by atoms with van der Waals surface area (Å²) in [6, 6.07) is 9.19. The van der Waals surface area contributed by atoms with E-state index in [4.69, 9.17) is 9.84 Å². The van der Waals surface area contributed by atoms with Crippen LogP contribution in [0.25, 0.3) is 0 Å². The zero-order valence-corrected chi connectivity index (χ0v) is 9.91. The van der Waals surface area contributed by atoms with Crippen molar-refractivity contribution in [2.75, 3.05) is 0 Å². The molecule has 1 aromatic rings. The fraction of sp³-hybridized carbons (Fsp3) is 0.385. The summed E-state index contributed by atoms with van der Waals surface area (Å²) < 4.78 is 4.96. The van der Waals surface area contributed by atoms with E-state index in [0.717, 1.165) is 5.56 Å². The second-order valence-corrected chi connectivity index (χ2v) is 3.94. The largest absolute Gasteiger partial charge is 0.481 e. The molecule has 0 aliphatic heterocycles. The Morgan fingerprint density at radius 2 is 1.89 bits per heavy atom. The number of carbonyl (C=O) groups excluding carboxylic acids is 1. The van der Waals surface area contributed by atoms with Crippen LogP contribution in [0.2, 0.25) is 0 Å². The van der Waals surface area contributed by atoms with Crippen molar-refractivity contribution >= 4 is 11.9 Å². The predicted octanol–water partition coefficient (Wildman–Crippen LogP) is 1.35. The summed E-state index contributed by atoms with van der Waals surface area (Å²) in [5, 5.41) is 17.8. The van der Waals surface area contributed by atoms with E-state index in [1.54, 1.807) is 0 Å². The molecule has 0 saturated heterocycles. The second kappa shape index (κ2) is 7.45. The van der Waals surface area contributed by atoms with Gasteiger partial charge in [-0.05, 0) is 12.0 Å². The quantitative estimate of drug-likeness (QED) is 0.715. The number of aliphatic carboxylic acids is 1. The molecule has 0 heterocycles. The van der Waals surface area contributed by atoms with Gasteiger partial charge in [-0.25, -0.2) is 0 Å². The molecule has 98 valence electrons. The molecule has 1 aromatic carbocycles. The van der Waals surface area contributed by atoms with E-state index in [0.29, 0.717) is 0 Å². The van der Waals surface area contributed by atoms with Gasteiger partial charge in [0.2, 0.25) is 0 Å². The molecule has 0 amide bonds. The second-order valence-electron chi connectivity index (χ2n) is 3.94. The van der Waals surface area contributed by atoms with E-state index in [2.05, 4.69) is 0 Å². The smallest absolute Gasteiger partial charge is 0.308 e. The first-order valence-electron chi connectivity index (χ1n) is 5.67. The lowest BCUT2D eigenvalue weighted by Crippen LogP contribution is -2.16. The first kappa shape index (κ1) is 14.2. The summed E-state index contributed by atoms with van der Waals surface area (Å²) in [5.74, 6) is -1.52. The summed E-state index contributed by atoms with van der Waals surface area (Å²) in [4.78, 5) is 21.6. The number of hydrogen-bond acceptors (Lipinski definition) is 4. The van der Waals surface area contributed by atoms with Crippen molar-refractivity contribution < 1.29 is 24.5 Å². The Kier molecular flexibility index (Phi) is 5.87. The van der Waals surface area contributed by atoms with Crippen LogP contribution in [0.4, 0.5) is 0 Å². The Morgan fingerprint density at radius 3 is 2.50 bits per heavy atom. The van der Waals surface area contributed by atoms with Crippen molar-refractivity contribution in [3.63, 3.8) is 0 Å². The highest BCUT2D eigenvalue weighted by Crippen LogP contribution is 2.06. The molecule has 1 rings (SSSR count). The number of carbonyl (C=O) groups is 2. The van der Waals surface area contributed by atoms with Crippen LogP contribution >= 0.6 is 0 Å². The van der Waals surface area contributed by atoms with E-state index in [1.807, 2.05) is 30.3 Å². The van der Waals surface area contributed by atoms with Gasteiger partial charge in [-0.2, -0.15) is 0 Å². The van der Waals surface area contributed by atoms with Gasteiger partial charge in [0.15, 0.2) is 0 Å². The summed E-state index contributed by atoms with van der Waals surface area (Å²) in [6.45, 7) is 0.158. The Morgan fingerprint density at radius 1 is 1.22 bits per heavy atom. The van der Waals surface area contributed by atoms with E-state index >= 15 is 0 Å². The molecule has 0 spiro atoms. The lowest BCUT2D eigenvalue weighted by atomic mass is 10.1. The van der Waals surface area contributed by atoms with Crippen LogP contribution in [0.3, 0.4) is 0 Å². The number of hydrogen-bond donors (Lipinski definition) is 2. The predicted molar refractivity (Wildman–Crippen MR) is 63.7 cm³/mol. The molecule has 5 heteroatoms. The number of aliphatic hydroxyl groups is 1. The van der Waals surface area contributed by atoms with Crippen LogP contribution in [-0.2, 0) is 20.9 Å². The van der Waals surface area contributed by atoms with E-state index in [1.165, 1.54) is 0 Å². The third kappa shape index (κ3) is 6.00. The number of carboxylic acids is 1. The third-order valence-corrected chi connectivity index (χ3v) is 2.34. The van der Waals surface area contributed by atoms with Crippen molar-refractivity contribution in [3.8, 4) is 0 Å². The summed E-state index contributed by atoms with van der Waals surface area (Å²) in [7, 11) is 0. The van der Waals surface area contributed by atoms with Gasteiger partial charge in [0.25, 0.3) is 0 Å². The summed E-state index contributed by atoms with van der Waals surface area (Å²) in [6.07, 6.45) is -1.26. The van der Waals surface area contributed by atoms with Gasteiger partial charge in [-0.15, -0.1) is 0 Å². The SMILES string of the molecule is O=C(O)CCC(O)CC(=O)OCc1ccccc1. The number of rotatable bonds is 7. The van der Waals surface area contributed by atoms with Gasteiger partial charge >= 0.3 is 11.9 Å². The molecule has 0 aromatic heterocycles. The molecule has 0 aliphatic carbocycles. The molecular weight excluding hydrogens is 236 g/mol. The normalized spacial score (nSPS) is 11.8. The van der Waals surface area contributed by atoms with Crippen LogP contribution < -0.4 is 0 Å². The van der Waals surface area contributed by atoms with E-state index in [9.17, 15) is 14.7 Å². The molecule has 1 unspecified atom stereocenters. The molecule has 0 radical (unpaired) electrons. The molecule has 2 N–H and O–H groups in total. The van der Waals surface area contributed by atoms with Gasteiger partial charge in [0.05, 0.1) is 12.5 Å². The monoisotopic (exact) mass is 252 g/mol. The number of ether oxygens (including phenoxy) is 1. The molecule has 0 bridgehead atoms. The minimum Gasteiger partial charge on any atom is -0.481 e. The fourth-order valence-corrected chi connectivity index (χ4v) is 1.38. The first-order chi connectivity index (χ1) is 8.58. The van der Waals surface area contributed by atoms with Crippen molar-refractivity contribution in [1.82, 2.24) is 0 Å². The standard InChI is InChI=1S/C13H16O5/c14-11(6-7-12(15)16)8-13(17)18-9-10-4-2-1-3-5-10/h1-5,11,14H,6-9H2,(H,15,16). The van der Waals surface area contributed by atoms with Crippen molar-refractivity contribution in [1.29, 1.82) is 0 Å². The van der Waals surface area contributed by atoms with Gasteiger partial charge in [-0.3, -0.25) is 9.59 Å². The summed E-state index contributed by atoms with van der Waals surface area (Å²) >= 11 is 0. The Bertz CT molecular complexity index is 388. The minimum absolute atomic E-state index is 0.0514. The van der Waals surface area contributed by atoms with Crippen LogP contribution in [-0.4, -0.2) is 28.3 Å². The number of esters is 1. The number of benzene rings is 1. The lowest BCUT2D eigenvalue weighted by molar-refractivity contribution is -0.148. The van der Waals surface area contributed by atoms with Crippen molar-refractivity contribution in [3.05, 3.63) is 35.9 Å². The topological polar surface area (TPSA) is 83.8 Å². The minimum atomic E-state index is -0.994. The van der Waals surface area contributed by atoms with Gasteiger partial charge in [0, 0.05) is 6.42 Å². The molecule has 0 aliphatic rings. The van der Waals surface area contributed by atoms with Crippen LogP contribution in [0.15, 0.2) is 30.3 Å². The van der Waals surface area contributed by atoms with E-state index < -0.39 is 18.0 Å². The lowest BCUT2D eigenvalue weighted by Gasteiger charge is -2.09. The molecule has 0 fully saturated rings. The highest BCUT2D eigenvalue weighted by molar-refractivity contribution is 5.70. The average molecular weight is 252 g/mol. The third-order valence-electron chi connectivity index (χ3n) is 2.34. The maximum atomic E-state index is 11.3. The van der Waals surface area contributed by atoms with Crippen molar-refractivity contribution in [2.24, 2.45) is 0 Å². The van der Waals surface area contributed by atoms with E-state index in [-0.39, 0.29) is 25.9 Å². The van der Waals surface area contributed by atoms with Crippen LogP contribution in [0.5, 0.6) is 0 Å². The van der Waals surface area contributed by atoms with Gasteiger partial charge < -0.3 is 14.9 Å². The molecular formula is C13H16O5. The zero-order valence-electron chi connectivity index (χ0n) is 9.91. The van der Waals surface area contributed by atoms with Crippen LogP contribution in [0, 0.1) is 0 Å². The fourth-order valence-electron chi connectivity index (χ4n) is 1.38. The van der Waals surface area contributed by atoms with Crippen LogP contribution in [0.1, 0.15) is 24.8 Å².